The molecule has 0 rings (SSSR count). The summed E-state index contributed by atoms with van der Waals surface area (Å²) in [6.07, 6.45) is 5.90. The molecule has 0 radical (unpaired) electrons. The molecule has 3 atom stereocenters. The number of hydrogen-bond acceptors (Lipinski definition) is 7. The number of phosphoric acid groups is 1. The van der Waals surface area contributed by atoms with Gasteiger partial charge < -0.3 is 24.9 Å². The molecule has 0 bridgehead atoms. The van der Waals surface area contributed by atoms with Crippen LogP contribution in [-0.4, -0.2) is 65.5 Å². The van der Waals surface area contributed by atoms with Crippen molar-refractivity contribution in [3.63, 3.8) is 0 Å². The predicted molar refractivity (Wildman–Crippen MR) is 89.6 cm³/mol. The van der Waals surface area contributed by atoms with E-state index in [-0.39, 0.29) is 6.61 Å². The zero-order valence-electron chi connectivity index (χ0n) is 14.5. The van der Waals surface area contributed by atoms with Crippen LogP contribution >= 0.6 is 7.82 Å². The van der Waals surface area contributed by atoms with Crippen LogP contribution in [-0.2, 0) is 18.3 Å². The Labute approximate surface area is 144 Å². The minimum Gasteiger partial charge on any atom is -0.394 e. The van der Waals surface area contributed by atoms with E-state index in [1.54, 1.807) is 0 Å². The summed E-state index contributed by atoms with van der Waals surface area (Å²) in [4.78, 5) is 9.30. The van der Waals surface area contributed by atoms with Gasteiger partial charge in [0, 0.05) is 6.61 Å². The monoisotopic (exact) mass is 372 g/mol. The lowest BCUT2D eigenvalue weighted by molar-refractivity contribution is -0.00437. The maximum Gasteiger partial charge on any atom is 0.472 e. The van der Waals surface area contributed by atoms with Gasteiger partial charge in [-0.3, -0.25) is 9.05 Å². The molecule has 0 heterocycles. The molecular weight excluding hydrogens is 339 g/mol. The van der Waals surface area contributed by atoms with Gasteiger partial charge in [0.05, 0.1) is 26.4 Å². The molecule has 0 saturated heterocycles. The summed E-state index contributed by atoms with van der Waals surface area (Å²) >= 11 is 0. The zero-order chi connectivity index (χ0) is 18.3. The van der Waals surface area contributed by atoms with Gasteiger partial charge in [-0.15, -0.1) is 0 Å². The Kier molecular flexibility index (Phi) is 15.2. The highest BCUT2D eigenvalue weighted by molar-refractivity contribution is 7.47. The predicted octanol–water partition coefficient (Wildman–Crippen LogP) is 1.60. The van der Waals surface area contributed by atoms with Gasteiger partial charge in [0.15, 0.2) is 0 Å². The third-order valence-electron chi connectivity index (χ3n) is 3.27. The minimum atomic E-state index is -4.36. The summed E-state index contributed by atoms with van der Waals surface area (Å²) < 4.78 is 25.8. The van der Waals surface area contributed by atoms with E-state index < -0.39 is 39.9 Å². The second kappa shape index (κ2) is 15.2. The van der Waals surface area contributed by atoms with E-state index in [0.29, 0.717) is 6.61 Å². The molecule has 0 aromatic rings. The fourth-order valence-corrected chi connectivity index (χ4v) is 2.67. The summed E-state index contributed by atoms with van der Waals surface area (Å²) in [6, 6.07) is 0. The van der Waals surface area contributed by atoms with E-state index in [1.165, 1.54) is 32.1 Å². The van der Waals surface area contributed by atoms with Gasteiger partial charge in [0.25, 0.3) is 0 Å². The first-order valence-electron chi connectivity index (χ1n) is 8.58. The highest BCUT2D eigenvalue weighted by Crippen LogP contribution is 2.43. The van der Waals surface area contributed by atoms with Crippen molar-refractivity contribution >= 4 is 7.82 Å². The Hall–Kier alpha value is -0.0500. The van der Waals surface area contributed by atoms with Gasteiger partial charge in [0.2, 0.25) is 0 Å². The third kappa shape index (κ3) is 15.5. The van der Waals surface area contributed by atoms with E-state index in [2.05, 4.69) is 16.0 Å². The number of aliphatic hydroxyl groups is 3. The van der Waals surface area contributed by atoms with Crippen molar-refractivity contribution in [2.45, 2.75) is 64.1 Å². The second-order valence-electron chi connectivity index (χ2n) is 5.75. The molecule has 0 saturated carbocycles. The van der Waals surface area contributed by atoms with Crippen LogP contribution in [0.25, 0.3) is 0 Å². The van der Waals surface area contributed by atoms with Crippen molar-refractivity contribution in [2.24, 2.45) is 0 Å². The van der Waals surface area contributed by atoms with Crippen molar-refractivity contribution in [1.29, 1.82) is 0 Å². The summed E-state index contributed by atoms with van der Waals surface area (Å²) in [7, 11) is -4.36. The number of hydrogen-bond donors (Lipinski definition) is 4. The molecule has 0 amide bonds. The first-order valence-corrected chi connectivity index (χ1v) is 10.1. The molecule has 0 spiro atoms. The lowest BCUT2D eigenvalue weighted by Crippen LogP contribution is -2.23. The maximum atomic E-state index is 11.4. The van der Waals surface area contributed by atoms with Crippen molar-refractivity contribution < 1.29 is 38.6 Å². The van der Waals surface area contributed by atoms with Crippen molar-refractivity contribution in [3.8, 4) is 0 Å². The van der Waals surface area contributed by atoms with Crippen LogP contribution in [0.5, 0.6) is 0 Å². The largest absolute Gasteiger partial charge is 0.472 e. The van der Waals surface area contributed by atoms with E-state index in [9.17, 15) is 14.6 Å². The molecule has 4 N–H and O–H groups in total. The third-order valence-corrected chi connectivity index (χ3v) is 4.22. The molecular formula is C15H33O8P. The molecule has 0 aromatic heterocycles. The second-order valence-corrected chi connectivity index (χ2v) is 7.20. The van der Waals surface area contributed by atoms with Crippen LogP contribution < -0.4 is 0 Å². The molecule has 146 valence electrons. The molecule has 0 aromatic carbocycles. The van der Waals surface area contributed by atoms with Crippen LogP contribution in [0.3, 0.4) is 0 Å². The van der Waals surface area contributed by atoms with Crippen molar-refractivity contribution in [2.75, 3.05) is 33.0 Å². The van der Waals surface area contributed by atoms with Crippen LogP contribution in [0, 0.1) is 0 Å². The molecule has 24 heavy (non-hydrogen) atoms. The van der Waals surface area contributed by atoms with Gasteiger partial charge in [-0.05, 0) is 6.42 Å². The van der Waals surface area contributed by atoms with E-state index in [4.69, 9.17) is 14.9 Å². The fourth-order valence-electron chi connectivity index (χ4n) is 1.88. The Morgan fingerprint density at radius 1 is 0.875 bits per heavy atom. The number of ether oxygens (including phenoxy) is 1. The Morgan fingerprint density at radius 2 is 1.42 bits per heavy atom. The highest BCUT2D eigenvalue weighted by Gasteiger charge is 2.24. The summed E-state index contributed by atoms with van der Waals surface area (Å²) in [6.45, 7) is 1.18. The Bertz CT molecular complexity index is 329. The van der Waals surface area contributed by atoms with Gasteiger partial charge >= 0.3 is 7.82 Å². The lowest BCUT2D eigenvalue weighted by Gasteiger charge is -2.16. The molecule has 9 heteroatoms. The number of phosphoric ester groups is 1. The highest BCUT2D eigenvalue weighted by atomic mass is 31.2. The van der Waals surface area contributed by atoms with Gasteiger partial charge in [-0.25, -0.2) is 4.57 Å². The van der Waals surface area contributed by atoms with E-state index >= 15 is 0 Å². The number of aliphatic hydroxyl groups excluding tert-OH is 3. The van der Waals surface area contributed by atoms with E-state index in [1.807, 2.05) is 0 Å². The van der Waals surface area contributed by atoms with Crippen LogP contribution in [0.15, 0.2) is 0 Å². The fraction of sp³-hybridized carbons (Fsp3) is 1.00. The summed E-state index contributed by atoms with van der Waals surface area (Å²) in [5.41, 5.74) is 0. The average molecular weight is 372 g/mol. The topological polar surface area (TPSA) is 126 Å². The van der Waals surface area contributed by atoms with Gasteiger partial charge in [-0.2, -0.15) is 0 Å². The number of rotatable bonds is 17. The normalized spacial score (nSPS) is 16.7. The van der Waals surface area contributed by atoms with Gasteiger partial charge in [0.1, 0.15) is 12.2 Å². The van der Waals surface area contributed by atoms with Crippen LogP contribution in [0.1, 0.15) is 51.9 Å². The zero-order valence-corrected chi connectivity index (χ0v) is 15.4. The molecule has 0 aliphatic rings. The maximum absolute atomic E-state index is 11.4. The molecule has 0 aliphatic carbocycles. The minimum absolute atomic E-state index is 0.00903. The SMILES string of the molecule is CCCCCCCCCOCC(O)COP(=O)(O)OCC(O)CO. The molecule has 0 aliphatic heterocycles. The molecule has 3 unspecified atom stereocenters. The smallest absolute Gasteiger partial charge is 0.394 e. The van der Waals surface area contributed by atoms with Crippen molar-refractivity contribution in [3.05, 3.63) is 0 Å². The summed E-state index contributed by atoms with van der Waals surface area (Å²) in [5.74, 6) is 0. The quantitative estimate of drug-likeness (QED) is 0.224. The standard InChI is InChI=1S/C15H33O8P/c1-2-3-4-5-6-7-8-9-21-11-15(18)13-23-24(19,20)22-12-14(17)10-16/h14-18H,2-13H2,1H3,(H,19,20). The summed E-state index contributed by atoms with van der Waals surface area (Å²) in [5, 5.41) is 27.2. The van der Waals surface area contributed by atoms with Crippen LogP contribution in [0.2, 0.25) is 0 Å². The Balaban J connectivity index is 3.54. The lowest BCUT2D eigenvalue weighted by atomic mass is 10.1. The molecule has 8 nitrogen and oxygen atoms in total. The average Bonchev–Trinajstić information content (AvgIpc) is 2.56. The number of unbranched alkanes of at least 4 members (excludes halogenated alkanes) is 6. The first-order chi connectivity index (χ1) is 11.4. The van der Waals surface area contributed by atoms with Crippen LogP contribution in [0.4, 0.5) is 0 Å². The Morgan fingerprint density at radius 3 is 2.00 bits per heavy atom. The van der Waals surface area contributed by atoms with Crippen molar-refractivity contribution in [1.82, 2.24) is 0 Å². The van der Waals surface area contributed by atoms with E-state index in [0.717, 1.165) is 12.8 Å². The first kappa shape index (κ1) is 23.9. The molecule has 0 fully saturated rings. The van der Waals surface area contributed by atoms with Gasteiger partial charge in [-0.1, -0.05) is 45.4 Å².